The Bertz CT molecular complexity index is 1550. The Morgan fingerprint density at radius 1 is 0.256 bits per heavy atom. The van der Waals surface area contributed by atoms with Crippen LogP contribution >= 0.6 is 0 Å². The summed E-state index contributed by atoms with van der Waals surface area (Å²) in [7, 11) is 0. The van der Waals surface area contributed by atoms with Crippen LogP contribution in [0.1, 0.15) is 361 Å². The first-order valence-electron chi connectivity index (χ1n) is 35.6. The van der Waals surface area contributed by atoms with Crippen molar-refractivity contribution in [3.63, 3.8) is 0 Å². The molecule has 6 nitrogen and oxygen atoms in total. The number of esters is 3. The van der Waals surface area contributed by atoms with Crippen LogP contribution in [0.3, 0.4) is 0 Å². The van der Waals surface area contributed by atoms with E-state index in [1.165, 1.54) is 225 Å². The zero-order valence-corrected chi connectivity index (χ0v) is 54.5. The van der Waals surface area contributed by atoms with Gasteiger partial charge in [0.05, 0.1) is 0 Å². The first kappa shape index (κ1) is 78.6. The zero-order valence-electron chi connectivity index (χ0n) is 54.5. The summed E-state index contributed by atoms with van der Waals surface area (Å²) in [5.41, 5.74) is 0. The second kappa shape index (κ2) is 70.1. The van der Waals surface area contributed by atoms with Crippen molar-refractivity contribution in [2.24, 2.45) is 0 Å². The molecule has 0 aromatic rings. The largest absolute Gasteiger partial charge is 0.462 e. The van der Waals surface area contributed by atoms with E-state index in [0.29, 0.717) is 19.3 Å². The minimum absolute atomic E-state index is 0.0925. The molecule has 0 aromatic carbocycles. The van der Waals surface area contributed by atoms with Gasteiger partial charge in [-0.3, -0.25) is 14.4 Å². The van der Waals surface area contributed by atoms with Gasteiger partial charge in [-0.1, -0.05) is 331 Å². The first-order chi connectivity index (χ1) is 40.5. The molecule has 0 aliphatic carbocycles. The average molecular weight is 1140 g/mol. The Balaban J connectivity index is 4.37. The van der Waals surface area contributed by atoms with Crippen LogP contribution in [0, 0.1) is 0 Å². The summed E-state index contributed by atoms with van der Waals surface area (Å²) in [6, 6.07) is 0. The third-order valence-corrected chi connectivity index (χ3v) is 15.6. The monoisotopic (exact) mass is 1140 g/mol. The van der Waals surface area contributed by atoms with Crippen molar-refractivity contribution < 1.29 is 28.6 Å². The smallest absolute Gasteiger partial charge is 0.306 e. The topological polar surface area (TPSA) is 78.9 Å². The van der Waals surface area contributed by atoms with Gasteiger partial charge >= 0.3 is 17.9 Å². The zero-order chi connectivity index (χ0) is 59.2. The molecule has 1 unspecified atom stereocenters. The van der Waals surface area contributed by atoms with E-state index in [1.54, 1.807) is 0 Å². The van der Waals surface area contributed by atoms with E-state index in [9.17, 15) is 14.4 Å². The third kappa shape index (κ3) is 67.4. The predicted molar refractivity (Wildman–Crippen MR) is 358 cm³/mol. The highest BCUT2D eigenvalue weighted by atomic mass is 16.6. The Morgan fingerprint density at radius 2 is 0.476 bits per heavy atom. The molecule has 0 amide bonds. The number of hydrogen-bond acceptors (Lipinski definition) is 6. The minimum Gasteiger partial charge on any atom is -0.462 e. The highest BCUT2D eigenvalue weighted by Crippen LogP contribution is 2.18. The van der Waals surface area contributed by atoms with Crippen LogP contribution in [0.4, 0.5) is 0 Å². The maximum absolute atomic E-state index is 12.9. The second-order valence-corrected chi connectivity index (χ2v) is 23.8. The molecule has 0 aromatic heterocycles. The number of unbranched alkanes of at least 4 members (excludes halogenated alkanes) is 40. The molecule has 6 heteroatoms. The molecule has 0 rings (SSSR count). The van der Waals surface area contributed by atoms with E-state index in [-0.39, 0.29) is 37.5 Å². The van der Waals surface area contributed by atoms with Crippen molar-refractivity contribution in [3.8, 4) is 0 Å². The van der Waals surface area contributed by atoms with E-state index in [4.69, 9.17) is 14.2 Å². The molecular weight excluding hydrogens is 1010 g/mol. The van der Waals surface area contributed by atoms with E-state index in [2.05, 4.69) is 106 Å². The van der Waals surface area contributed by atoms with Gasteiger partial charge in [0.15, 0.2) is 6.10 Å². The number of carbonyl (C=O) groups is 3. The first-order valence-corrected chi connectivity index (χ1v) is 35.6. The lowest BCUT2D eigenvalue weighted by Crippen LogP contribution is -2.30. The van der Waals surface area contributed by atoms with Crippen molar-refractivity contribution in [3.05, 3.63) is 85.1 Å². The summed E-state index contributed by atoms with van der Waals surface area (Å²) < 4.78 is 17.0. The lowest BCUT2D eigenvalue weighted by Gasteiger charge is -2.18. The van der Waals surface area contributed by atoms with Gasteiger partial charge in [-0.15, -0.1) is 0 Å². The number of ether oxygens (including phenoxy) is 3. The van der Waals surface area contributed by atoms with E-state index in [1.807, 2.05) is 0 Å². The molecule has 0 saturated heterocycles. The van der Waals surface area contributed by atoms with Crippen LogP contribution in [0.5, 0.6) is 0 Å². The number of hydrogen-bond donors (Lipinski definition) is 0. The number of allylic oxidation sites excluding steroid dienone is 14. The molecule has 0 radical (unpaired) electrons. The quantitative estimate of drug-likeness (QED) is 0.0261. The van der Waals surface area contributed by atoms with Gasteiger partial charge in [-0.05, 0) is 96.3 Å². The fourth-order valence-electron chi connectivity index (χ4n) is 10.3. The predicted octanol–water partition coefficient (Wildman–Crippen LogP) is 24.6. The standard InChI is InChI=1S/C76H134O6/c1-4-7-10-13-16-19-22-25-28-31-33-35-36-37-38-39-41-42-45-48-51-54-57-60-63-66-69-75(78)81-72-73(71-80-74(77)68-65-62-59-56-53-50-47-44-30-27-24-21-18-15-12-9-6-3)82-76(79)70-67-64-61-58-55-52-49-46-43-40-34-32-29-26-23-20-17-14-11-8-5-2/h8,11,17,20,26-27,29-30,34,40,46,49,55,58,73H,4-7,9-10,12-16,18-19,21-25,28,31-33,35-39,41-45,47-48,50-54,56-57,59-72H2,1-3H3/b11-8-,20-17-,29-26-,30-27-,40-34-,49-46-,58-55-. The van der Waals surface area contributed by atoms with Crippen LogP contribution in [0.2, 0.25) is 0 Å². The van der Waals surface area contributed by atoms with Crippen LogP contribution < -0.4 is 0 Å². The summed E-state index contributed by atoms with van der Waals surface area (Å²) in [6.07, 6.45) is 93.3. The van der Waals surface area contributed by atoms with Crippen molar-refractivity contribution in [2.75, 3.05) is 13.2 Å². The normalized spacial score (nSPS) is 12.6. The van der Waals surface area contributed by atoms with Crippen LogP contribution in [-0.4, -0.2) is 37.2 Å². The van der Waals surface area contributed by atoms with Crippen LogP contribution in [0.15, 0.2) is 85.1 Å². The lowest BCUT2D eigenvalue weighted by molar-refractivity contribution is -0.167. The van der Waals surface area contributed by atoms with Gasteiger partial charge in [0.2, 0.25) is 0 Å². The average Bonchev–Trinajstić information content (AvgIpc) is 3.47. The van der Waals surface area contributed by atoms with Gasteiger partial charge in [0, 0.05) is 19.3 Å². The molecule has 0 saturated carbocycles. The van der Waals surface area contributed by atoms with Crippen LogP contribution in [0.25, 0.3) is 0 Å². The highest BCUT2D eigenvalue weighted by molar-refractivity contribution is 5.71. The molecule has 0 N–H and O–H groups in total. The highest BCUT2D eigenvalue weighted by Gasteiger charge is 2.19. The minimum atomic E-state index is -0.803. The summed E-state index contributed by atoms with van der Waals surface area (Å²) in [5.74, 6) is -0.922. The molecule has 474 valence electrons. The molecule has 0 heterocycles. The van der Waals surface area contributed by atoms with Crippen molar-refractivity contribution in [1.29, 1.82) is 0 Å². The van der Waals surface area contributed by atoms with Gasteiger partial charge in [-0.2, -0.15) is 0 Å². The number of rotatable bonds is 65. The lowest BCUT2D eigenvalue weighted by atomic mass is 10.0. The van der Waals surface area contributed by atoms with Crippen molar-refractivity contribution in [1.82, 2.24) is 0 Å². The fraction of sp³-hybridized carbons (Fsp3) is 0.776. The Labute approximate surface area is 509 Å². The van der Waals surface area contributed by atoms with E-state index >= 15 is 0 Å². The maximum Gasteiger partial charge on any atom is 0.306 e. The summed E-state index contributed by atoms with van der Waals surface area (Å²) in [6.45, 7) is 6.54. The summed E-state index contributed by atoms with van der Waals surface area (Å²) in [5, 5.41) is 0. The van der Waals surface area contributed by atoms with Gasteiger partial charge < -0.3 is 14.2 Å². The van der Waals surface area contributed by atoms with Gasteiger partial charge in [0.25, 0.3) is 0 Å². The molecule has 0 bridgehead atoms. The van der Waals surface area contributed by atoms with E-state index in [0.717, 1.165) is 89.9 Å². The van der Waals surface area contributed by atoms with Crippen molar-refractivity contribution >= 4 is 17.9 Å². The number of carbonyl (C=O) groups excluding carboxylic acids is 3. The molecule has 0 fully saturated rings. The Hall–Kier alpha value is -3.41. The SMILES string of the molecule is CC/C=C\C/C=C\C/C=C\C/C=C\C/C=C\C/C=C\CCCCC(=O)OC(COC(=O)CCCCCCCCC/C=C\CCCCCCCC)COC(=O)CCCCCCCCCCCCCCCCCCCCCCCCCCCC. The van der Waals surface area contributed by atoms with E-state index < -0.39 is 6.10 Å². The summed E-state index contributed by atoms with van der Waals surface area (Å²) >= 11 is 0. The second-order valence-electron chi connectivity index (χ2n) is 23.8. The Morgan fingerprint density at radius 3 is 0.780 bits per heavy atom. The molecular formula is C76H134O6. The third-order valence-electron chi connectivity index (χ3n) is 15.6. The van der Waals surface area contributed by atoms with Crippen molar-refractivity contribution in [2.45, 2.75) is 367 Å². The maximum atomic E-state index is 12.9. The molecule has 0 spiro atoms. The Kier molecular flexibility index (Phi) is 67.2. The fourth-order valence-corrected chi connectivity index (χ4v) is 10.3. The molecule has 82 heavy (non-hydrogen) atoms. The van der Waals surface area contributed by atoms with Gasteiger partial charge in [-0.25, -0.2) is 0 Å². The summed E-state index contributed by atoms with van der Waals surface area (Å²) in [4.78, 5) is 38.5. The van der Waals surface area contributed by atoms with Crippen LogP contribution in [-0.2, 0) is 28.6 Å². The molecule has 0 aliphatic heterocycles. The molecule has 0 aliphatic rings. The molecule has 1 atom stereocenters. The van der Waals surface area contributed by atoms with Gasteiger partial charge in [0.1, 0.15) is 13.2 Å².